The van der Waals surface area contributed by atoms with Gasteiger partial charge in [-0.25, -0.2) is 4.98 Å². The van der Waals surface area contributed by atoms with Gasteiger partial charge in [0, 0.05) is 25.0 Å². The summed E-state index contributed by atoms with van der Waals surface area (Å²) in [6.45, 7) is 5.43. The number of nitrogens with zero attached hydrogens (tertiary/aromatic N) is 4. The number of nitrogens with one attached hydrogen (secondary N) is 1. The van der Waals surface area contributed by atoms with E-state index in [2.05, 4.69) is 10.2 Å². The van der Waals surface area contributed by atoms with Crippen LogP contribution < -0.4 is 15.8 Å². The second kappa shape index (κ2) is 9.06. The summed E-state index contributed by atoms with van der Waals surface area (Å²) in [4.78, 5) is 33.1. The summed E-state index contributed by atoms with van der Waals surface area (Å²) < 4.78 is 1.47. The second-order valence-electron chi connectivity index (χ2n) is 8.08. The van der Waals surface area contributed by atoms with Crippen molar-refractivity contribution in [2.45, 2.75) is 33.1 Å². The lowest BCUT2D eigenvalue weighted by molar-refractivity contribution is -0.112. The molecule has 3 heterocycles. The van der Waals surface area contributed by atoms with Gasteiger partial charge in [0.05, 0.1) is 5.56 Å². The van der Waals surface area contributed by atoms with Crippen LogP contribution in [-0.2, 0) is 4.79 Å². The highest BCUT2D eigenvalue weighted by atomic mass is 16.1. The minimum atomic E-state index is -0.560. The molecule has 0 bridgehead atoms. The number of nitriles is 1. The molecular weight excluding hydrogens is 402 g/mol. The predicted molar refractivity (Wildman–Crippen MR) is 126 cm³/mol. The van der Waals surface area contributed by atoms with Gasteiger partial charge in [-0.2, -0.15) is 5.26 Å². The van der Waals surface area contributed by atoms with E-state index in [1.807, 2.05) is 38.1 Å². The first kappa shape index (κ1) is 21.3. The molecule has 1 saturated heterocycles. The minimum Gasteiger partial charge on any atom is -0.356 e. The summed E-state index contributed by atoms with van der Waals surface area (Å²) in [5.74, 6) is -0.0328. The van der Waals surface area contributed by atoms with Gasteiger partial charge < -0.3 is 10.2 Å². The van der Waals surface area contributed by atoms with Crippen LogP contribution in [0.4, 0.5) is 11.5 Å². The molecule has 1 N–H and O–H groups in total. The minimum absolute atomic E-state index is 0.143. The van der Waals surface area contributed by atoms with Crippen molar-refractivity contribution >= 4 is 29.1 Å². The van der Waals surface area contributed by atoms with E-state index in [1.54, 1.807) is 24.4 Å². The van der Waals surface area contributed by atoms with E-state index in [0.29, 0.717) is 17.2 Å². The zero-order valence-electron chi connectivity index (χ0n) is 18.3. The van der Waals surface area contributed by atoms with Crippen molar-refractivity contribution in [3.05, 3.63) is 75.2 Å². The van der Waals surface area contributed by atoms with Gasteiger partial charge in [0.25, 0.3) is 11.5 Å². The standard InChI is InChI=1S/C25H25N5O2/c1-17-8-10-20(11-9-17)27-24(31)19(16-26)15-21-23(29-12-4-3-5-13-29)28-22-18(2)7-6-14-30(22)25(21)32/h6-11,14-15H,3-5,12-13H2,1-2H3,(H,27,31). The van der Waals surface area contributed by atoms with Gasteiger partial charge in [-0.05, 0) is 62.9 Å². The van der Waals surface area contributed by atoms with Crippen molar-refractivity contribution < 1.29 is 4.79 Å². The van der Waals surface area contributed by atoms with E-state index in [9.17, 15) is 14.9 Å². The monoisotopic (exact) mass is 427 g/mol. The Morgan fingerprint density at radius 3 is 2.53 bits per heavy atom. The van der Waals surface area contributed by atoms with Crippen LogP contribution in [0.15, 0.2) is 53.0 Å². The van der Waals surface area contributed by atoms with E-state index in [0.717, 1.165) is 43.5 Å². The number of piperidine rings is 1. The molecule has 3 aromatic rings. The number of rotatable bonds is 4. The van der Waals surface area contributed by atoms with Gasteiger partial charge in [0.1, 0.15) is 23.1 Å². The van der Waals surface area contributed by atoms with Gasteiger partial charge in [-0.3, -0.25) is 14.0 Å². The first-order chi connectivity index (χ1) is 15.5. The van der Waals surface area contributed by atoms with Crippen LogP contribution in [0.2, 0.25) is 0 Å². The van der Waals surface area contributed by atoms with Crippen molar-refractivity contribution in [1.29, 1.82) is 5.26 Å². The fraction of sp³-hybridized carbons (Fsp3) is 0.280. The molecule has 0 atom stereocenters. The maximum absolute atomic E-state index is 13.4. The molecule has 2 aromatic heterocycles. The zero-order chi connectivity index (χ0) is 22.7. The SMILES string of the molecule is Cc1ccc(NC(=O)C(C#N)=Cc2c(N3CCCCC3)nc3c(C)cccn3c2=O)cc1. The van der Waals surface area contributed by atoms with E-state index in [4.69, 9.17) is 4.98 Å². The first-order valence-corrected chi connectivity index (χ1v) is 10.7. The van der Waals surface area contributed by atoms with Gasteiger partial charge in [-0.15, -0.1) is 0 Å². The van der Waals surface area contributed by atoms with Crippen LogP contribution in [0, 0.1) is 25.2 Å². The van der Waals surface area contributed by atoms with Crippen molar-refractivity contribution in [3.8, 4) is 6.07 Å². The molecular formula is C25H25N5O2. The molecule has 1 amide bonds. The summed E-state index contributed by atoms with van der Waals surface area (Å²) in [5, 5.41) is 12.4. The number of carbonyl (C=O) groups is 1. The van der Waals surface area contributed by atoms with Gasteiger partial charge in [0.15, 0.2) is 0 Å². The van der Waals surface area contributed by atoms with Gasteiger partial charge >= 0.3 is 0 Å². The highest BCUT2D eigenvalue weighted by Crippen LogP contribution is 2.24. The fourth-order valence-electron chi connectivity index (χ4n) is 3.90. The van der Waals surface area contributed by atoms with E-state index < -0.39 is 5.91 Å². The number of aryl methyl sites for hydroxylation is 2. The summed E-state index contributed by atoms with van der Waals surface area (Å²) in [5.41, 5.74) is 2.93. The summed E-state index contributed by atoms with van der Waals surface area (Å²) >= 11 is 0. The first-order valence-electron chi connectivity index (χ1n) is 10.7. The summed E-state index contributed by atoms with van der Waals surface area (Å²) in [6.07, 6.45) is 6.19. The molecule has 162 valence electrons. The Morgan fingerprint density at radius 1 is 1.12 bits per heavy atom. The Labute approximate surface area is 186 Å². The Kier molecular flexibility index (Phi) is 6.04. The maximum atomic E-state index is 13.4. The third kappa shape index (κ3) is 4.26. The van der Waals surface area contributed by atoms with Crippen LogP contribution >= 0.6 is 0 Å². The molecule has 0 unspecified atom stereocenters. The van der Waals surface area contributed by atoms with Crippen LogP contribution in [-0.4, -0.2) is 28.4 Å². The average Bonchev–Trinajstić information content (AvgIpc) is 2.81. The van der Waals surface area contributed by atoms with Gasteiger partial charge in [0.2, 0.25) is 0 Å². The smallest absolute Gasteiger partial charge is 0.267 e. The molecule has 7 heteroatoms. The lowest BCUT2D eigenvalue weighted by Gasteiger charge is -2.29. The van der Waals surface area contributed by atoms with Crippen LogP contribution in [0.25, 0.3) is 11.7 Å². The van der Waals surface area contributed by atoms with Crippen molar-refractivity contribution in [3.63, 3.8) is 0 Å². The number of amides is 1. The molecule has 1 aromatic carbocycles. The Hall–Kier alpha value is -3.92. The molecule has 1 aliphatic rings. The maximum Gasteiger partial charge on any atom is 0.267 e. The van der Waals surface area contributed by atoms with E-state index in [1.165, 1.54) is 10.5 Å². The lowest BCUT2D eigenvalue weighted by atomic mass is 10.1. The number of carbonyl (C=O) groups excluding carboxylic acids is 1. The molecule has 0 radical (unpaired) electrons. The number of hydrogen-bond donors (Lipinski definition) is 1. The van der Waals surface area contributed by atoms with Crippen molar-refractivity contribution in [1.82, 2.24) is 9.38 Å². The van der Waals surface area contributed by atoms with E-state index in [-0.39, 0.29) is 16.7 Å². The number of hydrogen-bond acceptors (Lipinski definition) is 5. The highest BCUT2D eigenvalue weighted by molar-refractivity contribution is 6.10. The number of pyridine rings is 1. The number of benzene rings is 1. The quantitative estimate of drug-likeness (QED) is 0.505. The normalized spacial score (nSPS) is 14.3. The average molecular weight is 428 g/mol. The number of fused-ring (bicyclic) bond motifs is 1. The third-order valence-corrected chi connectivity index (χ3v) is 5.68. The Morgan fingerprint density at radius 2 is 1.84 bits per heavy atom. The summed E-state index contributed by atoms with van der Waals surface area (Å²) in [6, 6.07) is 13.0. The molecule has 1 fully saturated rings. The lowest BCUT2D eigenvalue weighted by Crippen LogP contribution is -2.33. The zero-order valence-corrected chi connectivity index (χ0v) is 18.3. The van der Waals surface area contributed by atoms with Crippen molar-refractivity contribution in [2.75, 3.05) is 23.3 Å². The van der Waals surface area contributed by atoms with E-state index >= 15 is 0 Å². The number of aromatic nitrogens is 2. The Bertz CT molecular complexity index is 1290. The largest absolute Gasteiger partial charge is 0.356 e. The van der Waals surface area contributed by atoms with Crippen LogP contribution in [0.1, 0.15) is 36.0 Å². The topological polar surface area (TPSA) is 90.5 Å². The molecule has 1 aliphatic heterocycles. The molecule has 0 saturated carbocycles. The summed E-state index contributed by atoms with van der Waals surface area (Å²) in [7, 11) is 0. The van der Waals surface area contributed by atoms with Crippen LogP contribution in [0.3, 0.4) is 0 Å². The van der Waals surface area contributed by atoms with Crippen molar-refractivity contribution in [2.24, 2.45) is 0 Å². The fourth-order valence-corrected chi connectivity index (χ4v) is 3.90. The number of anilines is 2. The molecule has 32 heavy (non-hydrogen) atoms. The third-order valence-electron chi connectivity index (χ3n) is 5.68. The molecule has 0 aliphatic carbocycles. The molecule has 0 spiro atoms. The highest BCUT2D eigenvalue weighted by Gasteiger charge is 2.21. The predicted octanol–water partition coefficient (Wildman–Crippen LogP) is 3.85. The molecule has 4 rings (SSSR count). The van der Waals surface area contributed by atoms with Crippen LogP contribution in [0.5, 0.6) is 0 Å². The Balaban J connectivity index is 1.81. The molecule has 7 nitrogen and oxygen atoms in total. The van der Waals surface area contributed by atoms with Gasteiger partial charge in [-0.1, -0.05) is 23.8 Å². The second-order valence-corrected chi connectivity index (χ2v) is 8.08.